The third-order valence-corrected chi connectivity index (χ3v) is 3.27. The Morgan fingerprint density at radius 1 is 0.958 bits per heavy atom. The van der Waals surface area contributed by atoms with Crippen molar-refractivity contribution in [2.45, 2.75) is 0 Å². The van der Waals surface area contributed by atoms with Crippen LogP contribution in [0, 0.1) is 0 Å². The first-order valence-corrected chi connectivity index (χ1v) is 6.96. The highest BCUT2D eigenvalue weighted by Crippen LogP contribution is 2.18. The molecule has 1 aromatic carbocycles. The predicted molar refractivity (Wildman–Crippen MR) is 91.1 cm³/mol. The zero-order chi connectivity index (χ0) is 17.7. The normalized spacial score (nSPS) is 10.6. The number of nitrogens with zero attached hydrogens (tertiary/aromatic N) is 1. The van der Waals surface area contributed by atoms with Crippen LogP contribution in [-0.4, -0.2) is 31.1 Å². The molecule has 2 aromatic rings. The van der Waals surface area contributed by atoms with E-state index in [1.54, 1.807) is 36.4 Å². The highest BCUT2D eigenvalue weighted by atomic mass is 16.5. The van der Waals surface area contributed by atoms with Crippen molar-refractivity contribution < 1.29 is 19.1 Å². The lowest BCUT2D eigenvalue weighted by Gasteiger charge is -2.05. The van der Waals surface area contributed by atoms with E-state index in [2.05, 4.69) is 14.5 Å². The van der Waals surface area contributed by atoms with Gasteiger partial charge >= 0.3 is 11.9 Å². The summed E-state index contributed by atoms with van der Waals surface area (Å²) >= 11 is 0. The van der Waals surface area contributed by atoms with Gasteiger partial charge in [0.2, 0.25) is 0 Å². The van der Waals surface area contributed by atoms with Gasteiger partial charge in [0, 0.05) is 11.9 Å². The molecule has 1 aromatic heterocycles. The molecule has 1 heterocycles. The van der Waals surface area contributed by atoms with E-state index in [-0.39, 0.29) is 11.4 Å². The Kier molecular flexibility index (Phi) is 5.16. The second-order valence-electron chi connectivity index (χ2n) is 4.87. The number of ether oxygens (including phenoxy) is 2. The van der Waals surface area contributed by atoms with E-state index < -0.39 is 11.9 Å². The fourth-order valence-electron chi connectivity index (χ4n) is 2.03. The van der Waals surface area contributed by atoms with Crippen LogP contribution in [0.1, 0.15) is 32.0 Å². The van der Waals surface area contributed by atoms with Crippen LogP contribution in [0.3, 0.4) is 0 Å². The summed E-state index contributed by atoms with van der Waals surface area (Å²) in [4.78, 5) is 26.9. The molecule has 0 radical (unpaired) electrons. The predicted octanol–water partition coefficient (Wildman–Crippen LogP) is 1.99. The van der Waals surface area contributed by atoms with E-state index in [0.29, 0.717) is 16.8 Å². The summed E-state index contributed by atoms with van der Waals surface area (Å²) in [6.07, 6.45) is 5.05. The molecule has 0 aliphatic rings. The molecule has 0 saturated carbocycles. The van der Waals surface area contributed by atoms with E-state index >= 15 is 0 Å². The third kappa shape index (κ3) is 3.70. The Bertz CT molecular complexity index is 748. The maximum atomic E-state index is 11.5. The van der Waals surface area contributed by atoms with E-state index in [4.69, 9.17) is 11.5 Å². The zero-order valence-corrected chi connectivity index (χ0v) is 13.3. The van der Waals surface area contributed by atoms with Crippen molar-refractivity contribution in [1.82, 2.24) is 4.98 Å². The number of carbonyl (C=O) groups is 2. The van der Waals surface area contributed by atoms with Gasteiger partial charge in [-0.2, -0.15) is 0 Å². The molecule has 2 rings (SSSR count). The fraction of sp³-hybridized carbons (Fsp3) is 0.118. The number of rotatable bonds is 4. The Balaban J connectivity index is 2.22. The highest BCUT2D eigenvalue weighted by Gasteiger charge is 2.11. The van der Waals surface area contributed by atoms with Crippen molar-refractivity contribution in [3.8, 4) is 0 Å². The van der Waals surface area contributed by atoms with Gasteiger partial charge in [-0.05, 0) is 29.3 Å². The molecule has 0 fully saturated rings. The molecule has 7 heteroatoms. The second-order valence-corrected chi connectivity index (χ2v) is 4.87. The molecule has 0 bridgehead atoms. The second kappa shape index (κ2) is 7.28. The maximum absolute atomic E-state index is 11.5. The number of benzene rings is 1. The van der Waals surface area contributed by atoms with Gasteiger partial charge in [0.05, 0.1) is 25.5 Å². The van der Waals surface area contributed by atoms with Crippen LogP contribution in [0.5, 0.6) is 0 Å². The van der Waals surface area contributed by atoms with Crippen molar-refractivity contribution in [2.24, 2.45) is 0 Å². The zero-order valence-electron chi connectivity index (χ0n) is 13.3. The Morgan fingerprint density at radius 3 is 2.17 bits per heavy atom. The highest BCUT2D eigenvalue weighted by molar-refractivity contribution is 5.96. The number of nitrogens with two attached hydrogens (primary N) is 2. The summed E-state index contributed by atoms with van der Waals surface area (Å²) in [5, 5.41) is 0. The minimum absolute atomic E-state index is 0.0707. The van der Waals surface area contributed by atoms with Crippen LogP contribution >= 0.6 is 0 Å². The number of hydrogen-bond donors (Lipinski definition) is 2. The smallest absolute Gasteiger partial charge is 0.358 e. The number of pyridine rings is 1. The number of aromatic nitrogens is 1. The molecule has 24 heavy (non-hydrogen) atoms. The van der Waals surface area contributed by atoms with E-state index in [0.717, 1.165) is 5.56 Å². The molecule has 124 valence electrons. The van der Waals surface area contributed by atoms with Gasteiger partial charge in [-0.15, -0.1) is 0 Å². The van der Waals surface area contributed by atoms with E-state index in [1.165, 1.54) is 20.4 Å². The lowest BCUT2D eigenvalue weighted by molar-refractivity contribution is 0.0589. The lowest BCUT2D eigenvalue weighted by Crippen LogP contribution is -2.08. The fourth-order valence-corrected chi connectivity index (χ4v) is 2.03. The average Bonchev–Trinajstić information content (AvgIpc) is 2.58. The Labute approximate surface area is 138 Å². The number of methoxy groups -OCH3 is 2. The number of nitrogen functional groups attached to an aromatic ring is 2. The maximum Gasteiger partial charge on any atom is 0.358 e. The molecule has 4 N–H and O–H groups in total. The average molecular weight is 327 g/mol. The first kappa shape index (κ1) is 17.0. The van der Waals surface area contributed by atoms with Crippen LogP contribution in [0.2, 0.25) is 0 Å². The molecule has 0 spiro atoms. The van der Waals surface area contributed by atoms with Crippen molar-refractivity contribution >= 4 is 35.5 Å². The topological polar surface area (TPSA) is 118 Å². The van der Waals surface area contributed by atoms with Crippen molar-refractivity contribution in [1.29, 1.82) is 0 Å². The first-order chi connectivity index (χ1) is 11.5. The van der Waals surface area contributed by atoms with Gasteiger partial charge in [0.1, 0.15) is 0 Å². The SMILES string of the molecule is COC(=O)c1ccc(/C=C/c2cnc(C(=O)OC)c(N)c2)cc1N. The molecule has 0 amide bonds. The molecular formula is C17H17N3O4. The minimum Gasteiger partial charge on any atom is -0.465 e. The Hall–Kier alpha value is -3.35. The largest absolute Gasteiger partial charge is 0.465 e. The van der Waals surface area contributed by atoms with Crippen LogP contribution in [0.25, 0.3) is 12.2 Å². The summed E-state index contributed by atoms with van der Waals surface area (Å²) in [7, 11) is 2.56. The van der Waals surface area contributed by atoms with Crippen LogP contribution in [0.4, 0.5) is 11.4 Å². The molecule has 0 aliphatic heterocycles. The van der Waals surface area contributed by atoms with E-state index in [1.807, 2.05) is 0 Å². The number of esters is 2. The minimum atomic E-state index is -0.589. The van der Waals surface area contributed by atoms with Crippen LogP contribution in [-0.2, 0) is 9.47 Å². The summed E-state index contributed by atoms with van der Waals surface area (Å²) < 4.78 is 9.23. The van der Waals surface area contributed by atoms with Crippen molar-refractivity contribution in [3.63, 3.8) is 0 Å². The van der Waals surface area contributed by atoms with Crippen molar-refractivity contribution in [3.05, 3.63) is 52.8 Å². The quantitative estimate of drug-likeness (QED) is 0.651. The third-order valence-electron chi connectivity index (χ3n) is 3.27. The summed E-state index contributed by atoms with van der Waals surface area (Å²) in [5.41, 5.74) is 14.1. The van der Waals surface area contributed by atoms with Crippen LogP contribution < -0.4 is 11.5 Å². The summed E-state index contributed by atoms with van der Waals surface area (Å²) in [5.74, 6) is -1.08. The summed E-state index contributed by atoms with van der Waals surface area (Å²) in [6.45, 7) is 0. The lowest BCUT2D eigenvalue weighted by atomic mass is 10.1. The van der Waals surface area contributed by atoms with Gasteiger partial charge in [0.25, 0.3) is 0 Å². The molecule has 0 aliphatic carbocycles. The van der Waals surface area contributed by atoms with Crippen molar-refractivity contribution in [2.75, 3.05) is 25.7 Å². The van der Waals surface area contributed by atoms with Gasteiger partial charge in [-0.3, -0.25) is 0 Å². The Morgan fingerprint density at radius 2 is 1.58 bits per heavy atom. The number of anilines is 2. The molecular weight excluding hydrogens is 310 g/mol. The van der Waals surface area contributed by atoms with Gasteiger partial charge < -0.3 is 20.9 Å². The van der Waals surface area contributed by atoms with E-state index in [9.17, 15) is 9.59 Å². The number of hydrogen-bond acceptors (Lipinski definition) is 7. The molecule has 0 unspecified atom stereocenters. The van der Waals surface area contributed by atoms with Crippen LogP contribution in [0.15, 0.2) is 30.5 Å². The number of carbonyl (C=O) groups excluding carboxylic acids is 2. The standard InChI is InChI=1S/C17H17N3O4/c1-23-16(21)12-6-5-10(7-13(12)18)3-4-11-8-14(19)15(20-9-11)17(22)24-2/h3-9H,18-19H2,1-2H3/b4-3+. The molecule has 0 saturated heterocycles. The van der Waals surface area contributed by atoms with Gasteiger partial charge in [0.15, 0.2) is 5.69 Å². The van der Waals surface area contributed by atoms with Gasteiger partial charge in [-0.25, -0.2) is 14.6 Å². The monoisotopic (exact) mass is 327 g/mol. The molecule has 7 nitrogen and oxygen atoms in total. The van der Waals surface area contributed by atoms with Gasteiger partial charge in [-0.1, -0.05) is 18.2 Å². The summed E-state index contributed by atoms with van der Waals surface area (Å²) in [6, 6.07) is 6.59. The molecule has 0 atom stereocenters. The first-order valence-electron chi connectivity index (χ1n) is 6.96.